The highest BCUT2D eigenvalue weighted by atomic mass is 32.2. The van der Waals surface area contributed by atoms with Gasteiger partial charge in [-0.1, -0.05) is 0 Å². The number of hydrogen-bond donors (Lipinski definition) is 0. The molecule has 0 atom stereocenters. The Morgan fingerprint density at radius 3 is 2.86 bits per heavy atom. The van der Waals surface area contributed by atoms with Gasteiger partial charge in [-0.3, -0.25) is 0 Å². The summed E-state index contributed by atoms with van der Waals surface area (Å²) < 4.78 is 5.28. The Kier molecular flexibility index (Phi) is 3.40. The van der Waals surface area contributed by atoms with Crippen LogP contribution in [0.1, 0.15) is 12.8 Å². The number of benzene rings is 1. The highest BCUT2D eigenvalue weighted by molar-refractivity contribution is 7.98. The lowest BCUT2D eigenvalue weighted by Gasteiger charge is -2.59. The number of anilines is 1. The van der Waals surface area contributed by atoms with Crippen LogP contribution in [0.3, 0.4) is 0 Å². The number of thioether (sulfide) groups is 1. The Bertz CT molecular complexity index is 691. The maximum atomic E-state index is 5.28. The highest BCUT2D eigenvalue weighted by Gasteiger charge is 2.52. The average molecular weight is 315 g/mol. The standard InChI is InChI=1S/C17H21N3OS/c1-21-13-3-4-14-15(5-13)18-11-19-16(14)20-9-17(10-20)6-12(7-17)8-22-2/h3-5,11-12H,6-10H2,1-2H3. The molecule has 0 amide bonds. The molecule has 1 saturated heterocycles. The number of aromatic nitrogens is 2. The number of methoxy groups -OCH3 is 1. The Labute approximate surface area is 135 Å². The third-order valence-electron chi connectivity index (χ3n) is 5.02. The van der Waals surface area contributed by atoms with Gasteiger partial charge >= 0.3 is 0 Å². The van der Waals surface area contributed by atoms with Crippen molar-refractivity contribution in [2.75, 3.05) is 37.1 Å². The molecule has 0 radical (unpaired) electrons. The van der Waals surface area contributed by atoms with Gasteiger partial charge in [0.1, 0.15) is 17.9 Å². The van der Waals surface area contributed by atoms with Crippen LogP contribution in [0.5, 0.6) is 5.75 Å². The number of ether oxygens (including phenoxy) is 1. The van der Waals surface area contributed by atoms with Gasteiger partial charge in [-0.25, -0.2) is 9.97 Å². The number of fused-ring (bicyclic) bond motifs is 1. The summed E-state index contributed by atoms with van der Waals surface area (Å²) in [5.41, 5.74) is 1.53. The minimum Gasteiger partial charge on any atom is -0.497 e. The summed E-state index contributed by atoms with van der Waals surface area (Å²) in [5, 5.41) is 1.12. The topological polar surface area (TPSA) is 38.2 Å². The molecule has 1 aliphatic carbocycles. The Morgan fingerprint density at radius 2 is 2.14 bits per heavy atom. The molecule has 4 nitrogen and oxygen atoms in total. The van der Waals surface area contributed by atoms with Crippen molar-refractivity contribution < 1.29 is 4.74 Å². The lowest BCUT2D eigenvalue weighted by molar-refractivity contribution is 0.0358. The van der Waals surface area contributed by atoms with Gasteiger partial charge in [-0.15, -0.1) is 0 Å². The lowest BCUT2D eigenvalue weighted by Crippen LogP contribution is -2.63. The van der Waals surface area contributed by atoms with Gasteiger partial charge in [-0.05, 0) is 42.9 Å². The van der Waals surface area contributed by atoms with Crippen LogP contribution in [0.2, 0.25) is 0 Å². The Morgan fingerprint density at radius 1 is 1.32 bits per heavy atom. The van der Waals surface area contributed by atoms with E-state index in [4.69, 9.17) is 4.74 Å². The largest absolute Gasteiger partial charge is 0.497 e. The minimum atomic E-state index is 0.574. The summed E-state index contributed by atoms with van der Waals surface area (Å²) in [6, 6.07) is 6.04. The van der Waals surface area contributed by atoms with Gasteiger partial charge in [0.05, 0.1) is 12.6 Å². The van der Waals surface area contributed by atoms with Gasteiger partial charge in [0.2, 0.25) is 0 Å². The number of nitrogens with zero attached hydrogens (tertiary/aromatic N) is 3. The van der Waals surface area contributed by atoms with E-state index in [1.165, 1.54) is 18.6 Å². The van der Waals surface area contributed by atoms with Crippen molar-refractivity contribution in [2.24, 2.45) is 11.3 Å². The fourth-order valence-electron chi connectivity index (χ4n) is 4.09. The molecule has 0 unspecified atom stereocenters. The van der Waals surface area contributed by atoms with E-state index in [1.807, 2.05) is 23.9 Å². The molecule has 5 heteroatoms. The fraction of sp³-hybridized carbons (Fsp3) is 0.529. The van der Waals surface area contributed by atoms with Crippen LogP contribution in [0.15, 0.2) is 24.5 Å². The van der Waals surface area contributed by atoms with Crippen molar-refractivity contribution in [1.29, 1.82) is 0 Å². The second-order valence-corrected chi connectivity index (χ2v) is 7.58. The molecular weight excluding hydrogens is 294 g/mol. The molecule has 116 valence electrons. The van der Waals surface area contributed by atoms with Crippen molar-refractivity contribution in [1.82, 2.24) is 9.97 Å². The zero-order chi connectivity index (χ0) is 15.2. The van der Waals surface area contributed by atoms with E-state index in [1.54, 1.807) is 13.4 Å². The van der Waals surface area contributed by atoms with E-state index in [0.717, 1.165) is 41.5 Å². The van der Waals surface area contributed by atoms with Gasteiger partial charge < -0.3 is 9.64 Å². The molecule has 22 heavy (non-hydrogen) atoms. The molecule has 2 aromatic rings. The lowest BCUT2D eigenvalue weighted by atomic mass is 9.58. The fourth-order valence-corrected chi connectivity index (χ4v) is 4.80. The first-order valence-corrected chi connectivity index (χ1v) is 9.15. The molecule has 1 aromatic carbocycles. The molecular formula is C17H21N3OS. The van der Waals surface area contributed by atoms with Crippen molar-refractivity contribution in [2.45, 2.75) is 12.8 Å². The maximum Gasteiger partial charge on any atom is 0.139 e. The molecule has 1 spiro atoms. The van der Waals surface area contributed by atoms with E-state index in [0.29, 0.717) is 5.41 Å². The maximum absolute atomic E-state index is 5.28. The molecule has 0 N–H and O–H groups in total. The van der Waals surface area contributed by atoms with Crippen LogP contribution >= 0.6 is 11.8 Å². The molecule has 1 aliphatic heterocycles. The molecule has 2 aliphatic rings. The van der Waals surface area contributed by atoms with Crippen molar-refractivity contribution in [3.63, 3.8) is 0 Å². The summed E-state index contributed by atoms with van der Waals surface area (Å²) >= 11 is 1.98. The average Bonchev–Trinajstić information content (AvgIpc) is 2.47. The molecule has 4 rings (SSSR count). The van der Waals surface area contributed by atoms with Crippen LogP contribution in [-0.4, -0.2) is 42.2 Å². The predicted molar refractivity (Wildman–Crippen MR) is 91.8 cm³/mol. The minimum absolute atomic E-state index is 0.574. The summed E-state index contributed by atoms with van der Waals surface area (Å²) in [4.78, 5) is 11.3. The molecule has 2 heterocycles. The van der Waals surface area contributed by atoms with Gasteiger partial charge in [0.15, 0.2) is 0 Å². The molecule has 0 bridgehead atoms. The third kappa shape index (κ3) is 2.22. The summed E-state index contributed by atoms with van der Waals surface area (Å²) in [6.45, 7) is 2.30. The molecule has 1 aromatic heterocycles. The normalized spacial score (nSPS) is 20.0. The first-order chi connectivity index (χ1) is 10.7. The zero-order valence-electron chi connectivity index (χ0n) is 13.1. The summed E-state index contributed by atoms with van der Waals surface area (Å²) in [7, 11) is 1.68. The number of rotatable bonds is 4. The van der Waals surface area contributed by atoms with Crippen molar-refractivity contribution >= 4 is 28.5 Å². The summed E-state index contributed by atoms with van der Waals surface area (Å²) in [6.07, 6.45) is 6.65. The number of hydrogen-bond acceptors (Lipinski definition) is 5. The van der Waals surface area contributed by atoms with E-state index in [9.17, 15) is 0 Å². The quantitative estimate of drug-likeness (QED) is 0.866. The second kappa shape index (κ2) is 5.30. The third-order valence-corrected chi connectivity index (χ3v) is 5.83. The SMILES string of the molecule is COc1ccc2c(N3CC4(CC(CSC)C4)C3)ncnc2c1. The van der Waals surface area contributed by atoms with Crippen LogP contribution in [0, 0.1) is 11.3 Å². The second-order valence-electron chi connectivity index (χ2n) is 6.67. The van der Waals surface area contributed by atoms with Crippen molar-refractivity contribution in [3.05, 3.63) is 24.5 Å². The predicted octanol–water partition coefficient (Wildman–Crippen LogP) is 3.22. The Balaban J connectivity index is 1.52. The highest BCUT2D eigenvalue weighted by Crippen LogP contribution is 2.53. The van der Waals surface area contributed by atoms with Crippen LogP contribution in [0.4, 0.5) is 5.82 Å². The first kappa shape index (κ1) is 14.1. The van der Waals surface area contributed by atoms with Crippen LogP contribution in [-0.2, 0) is 0 Å². The molecule has 1 saturated carbocycles. The van der Waals surface area contributed by atoms with Gasteiger partial charge in [0, 0.05) is 30.0 Å². The molecule has 2 fully saturated rings. The van der Waals surface area contributed by atoms with Crippen LogP contribution in [0.25, 0.3) is 10.9 Å². The van der Waals surface area contributed by atoms with Crippen LogP contribution < -0.4 is 9.64 Å². The zero-order valence-corrected chi connectivity index (χ0v) is 13.9. The van der Waals surface area contributed by atoms with Gasteiger partial charge in [0.25, 0.3) is 0 Å². The smallest absolute Gasteiger partial charge is 0.139 e. The summed E-state index contributed by atoms with van der Waals surface area (Å²) in [5.74, 6) is 4.17. The monoisotopic (exact) mass is 315 g/mol. The van der Waals surface area contributed by atoms with E-state index < -0.39 is 0 Å². The van der Waals surface area contributed by atoms with E-state index >= 15 is 0 Å². The van der Waals surface area contributed by atoms with E-state index in [2.05, 4.69) is 27.2 Å². The van der Waals surface area contributed by atoms with E-state index in [-0.39, 0.29) is 0 Å². The first-order valence-electron chi connectivity index (χ1n) is 7.76. The van der Waals surface area contributed by atoms with Gasteiger partial charge in [-0.2, -0.15) is 11.8 Å². The van der Waals surface area contributed by atoms with Crippen molar-refractivity contribution in [3.8, 4) is 5.75 Å². The Hall–Kier alpha value is -1.49.